The van der Waals surface area contributed by atoms with Crippen molar-refractivity contribution < 1.29 is 18.7 Å². The number of carboxylic acids is 1. The Hall–Kier alpha value is -3.12. The van der Waals surface area contributed by atoms with Gasteiger partial charge in [-0.05, 0) is 54.6 Å². The number of hydrogen-bond acceptors (Lipinski definition) is 4. The van der Waals surface area contributed by atoms with Crippen molar-refractivity contribution >= 4 is 29.5 Å². The number of halogens is 2. The normalized spacial score (nSPS) is 11.0. The van der Waals surface area contributed by atoms with Crippen molar-refractivity contribution in [1.29, 1.82) is 0 Å². The van der Waals surface area contributed by atoms with Crippen LogP contribution in [0.5, 0.6) is 0 Å². The number of carboxylic acid groups (broad SMARTS) is 1. The Bertz CT molecular complexity index is 936. The number of nitrogens with zero attached hydrogens (tertiary/aromatic N) is 1. The van der Waals surface area contributed by atoms with Crippen LogP contribution < -0.4 is 5.43 Å². The van der Waals surface area contributed by atoms with Gasteiger partial charge in [0.2, 0.25) is 0 Å². The molecule has 0 radical (unpaired) electrons. The fourth-order valence-electron chi connectivity index (χ4n) is 2.12. The van der Waals surface area contributed by atoms with Gasteiger partial charge in [-0.3, -0.25) is 5.43 Å². The molecule has 0 aliphatic rings. The van der Waals surface area contributed by atoms with E-state index in [1.807, 2.05) is 0 Å². The first-order valence-corrected chi connectivity index (χ1v) is 7.58. The molecular formula is C18H12ClFN2O3. The van der Waals surface area contributed by atoms with E-state index in [1.165, 1.54) is 30.5 Å². The summed E-state index contributed by atoms with van der Waals surface area (Å²) in [7, 11) is 0. The van der Waals surface area contributed by atoms with Gasteiger partial charge >= 0.3 is 5.97 Å². The van der Waals surface area contributed by atoms with Crippen molar-refractivity contribution in [2.75, 3.05) is 5.43 Å². The first-order valence-electron chi connectivity index (χ1n) is 7.20. The van der Waals surface area contributed by atoms with Crippen LogP contribution in [0, 0.1) is 5.82 Å². The van der Waals surface area contributed by atoms with Gasteiger partial charge in [-0.15, -0.1) is 0 Å². The van der Waals surface area contributed by atoms with Gasteiger partial charge < -0.3 is 9.52 Å². The van der Waals surface area contributed by atoms with Crippen molar-refractivity contribution in [2.45, 2.75) is 0 Å². The van der Waals surface area contributed by atoms with Crippen molar-refractivity contribution in [2.24, 2.45) is 5.10 Å². The van der Waals surface area contributed by atoms with Gasteiger partial charge in [0.25, 0.3) is 0 Å². The highest BCUT2D eigenvalue weighted by molar-refractivity contribution is 6.33. The second kappa shape index (κ2) is 7.19. The lowest BCUT2D eigenvalue weighted by Crippen LogP contribution is -1.99. The van der Waals surface area contributed by atoms with Gasteiger partial charge in [0, 0.05) is 5.56 Å². The van der Waals surface area contributed by atoms with Crippen molar-refractivity contribution in [1.82, 2.24) is 0 Å². The molecule has 0 fully saturated rings. The molecule has 0 saturated heterocycles. The summed E-state index contributed by atoms with van der Waals surface area (Å²) in [4.78, 5) is 11.0. The molecule has 1 aromatic heterocycles. The number of carbonyl (C=O) groups is 1. The second-order valence-electron chi connectivity index (χ2n) is 5.08. The monoisotopic (exact) mass is 358 g/mol. The summed E-state index contributed by atoms with van der Waals surface area (Å²) in [6, 6.07) is 13.9. The quantitative estimate of drug-likeness (QED) is 0.503. The zero-order valence-corrected chi connectivity index (χ0v) is 13.5. The number of rotatable bonds is 5. The lowest BCUT2D eigenvalue weighted by Gasteiger charge is -2.03. The minimum atomic E-state index is -1.12. The van der Waals surface area contributed by atoms with E-state index >= 15 is 0 Å². The predicted molar refractivity (Wildman–Crippen MR) is 93.7 cm³/mol. The summed E-state index contributed by atoms with van der Waals surface area (Å²) < 4.78 is 18.5. The molecule has 2 N–H and O–H groups in total. The van der Waals surface area contributed by atoms with Crippen LogP contribution in [0.4, 0.5) is 10.1 Å². The maximum absolute atomic E-state index is 12.9. The van der Waals surface area contributed by atoms with E-state index < -0.39 is 5.97 Å². The van der Waals surface area contributed by atoms with Gasteiger partial charge in [0.05, 0.1) is 22.5 Å². The summed E-state index contributed by atoms with van der Waals surface area (Å²) in [6.07, 6.45) is 1.45. The van der Waals surface area contributed by atoms with Crippen LogP contribution in [0.2, 0.25) is 5.02 Å². The molecule has 0 amide bonds. The Morgan fingerprint density at radius 2 is 1.92 bits per heavy atom. The first kappa shape index (κ1) is 16.7. The summed E-state index contributed by atoms with van der Waals surface area (Å²) in [6.45, 7) is 0. The number of benzene rings is 2. The zero-order valence-electron chi connectivity index (χ0n) is 12.7. The van der Waals surface area contributed by atoms with E-state index in [4.69, 9.17) is 21.1 Å². The Labute approximate surface area is 147 Å². The number of nitrogens with one attached hydrogen (secondary N) is 1. The molecule has 3 aromatic rings. The predicted octanol–water partition coefficient (Wildman–Crippen LogP) is 4.88. The van der Waals surface area contributed by atoms with Gasteiger partial charge in [-0.1, -0.05) is 11.6 Å². The zero-order chi connectivity index (χ0) is 17.8. The topological polar surface area (TPSA) is 74.8 Å². The highest BCUT2D eigenvalue weighted by atomic mass is 35.5. The van der Waals surface area contributed by atoms with E-state index in [0.717, 1.165) is 5.56 Å². The molecule has 1 heterocycles. The summed E-state index contributed by atoms with van der Waals surface area (Å²) >= 11 is 5.81. The molecule has 0 bridgehead atoms. The lowest BCUT2D eigenvalue weighted by atomic mass is 10.2. The Morgan fingerprint density at radius 3 is 2.64 bits per heavy atom. The molecule has 3 rings (SSSR count). The molecule has 0 aliphatic carbocycles. The summed E-state index contributed by atoms with van der Waals surface area (Å²) in [5.41, 5.74) is 3.92. The van der Waals surface area contributed by atoms with Gasteiger partial charge in [0.15, 0.2) is 0 Å². The molecule has 0 aliphatic heterocycles. The highest BCUT2D eigenvalue weighted by Crippen LogP contribution is 2.22. The largest absolute Gasteiger partial charge is 0.478 e. The number of hydrazone groups is 1. The van der Waals surface area contributed by atoms with Gasteiger partial charge in [-0.2, -0.15) is 5.10 Å². The summed E-state index contributed by atoms with van der Waals surface area (Å²) in [5.74, 6) is -0.363. The van der Waals surface area contributed by atoms with Crippen molar-refractivity contribution in [3.05, 3.63) is 76.8 Å². The SMILES string of the molecule is O=C(O)c1cc(N/N=C/c2ccc(-c3ccc(F)cc3)o2)ccc1Cl. The molecule has 25 heavy (non-hydrogen) atoms. The fraction of sp³-hybridized carbons (Fsp3) is 0. The van der Waals surface area contributed by atoms with Gasteiger partial charge in [-0.25, -0.2) is 9.18 Å². The second-order valence-corrected chi connectivity index (χ2v) is 5.49. The fourth-order valence-corrected chi connectivity index (χ4v) is 2.32. The smallest absolute Gasteiger partial charge is 0.337 e. The van der Waals surface area contributed by atoms with Crippen LogP contribution in [-0.4, -0.2) is 17.3 Å². The molecule has 0 spiro atoms. The van der Waals surface area contributed by atoms with E-state index in [1.54, 1.807) is 30.3 Å². The third kappa shape index (κ3) is 4.05. The maximum atomic E-state index is 12.9. The Morgan fingerprint density at radius 1 is 1.16 bits per heavy atom. The Kier molecular flexibility index (Phi) is 4.81. The van der Waals surface area contributed by atoms with E-state index in [9.17, 15) is 9.18 Å². The average Bonchev–Trinajstić information content (AvgIpc) is 3.05. The molecule has 2 aromatic carbocycles. The van der Waals surface area contributed by atoms with Crippen LogP contribution in [0.1, 0.15) is 16.1 Å². The third-order valence-corrected chi connectivity index (χ3v) is 3.67. The van der Waals surface area contributed by atoms with E-state index in [-0.39, 0.29) is 16.4 Å². The number of anilines is 1. The molecule has 0 saturated carbocycles. The molecule has 0 unspecified atom stereocenters. The standard InChI is InChI=1S/C18H12ClFN2O3/c19-16-7-5-13(9-15(16)18(23)24)22-21-10-14-6-8-17(25-14)11-1-3-12(20)4-2-11/h1-10,22H,(H,23,24)/b21-10+. The molecule has 5 nitrogen and oxygen atoms in total. The summed E-state index contributed by atoms with van der Waals surface area (Å²) in [5, 5.41) is 13.2. The van der Waals surface area contributed by atoms with Crippen LogP contribution >= 0.6 is 11.6 Å². The average molecular weight is 359 g/mol. The van der Waals surface area contributed by atoms with E-state index in [2.05, 4.69) is 10.5 Å². The maximum Gasteiger partial charge on any atom is 0.337 e. The molecule has 0 atom stereocenters. The highest BCUT2D eigenvalue weighted by Gasteiger charge is 2.09. The van der Waals surface area contributed by atoms with E-state index in [0.29, 0.717) is 17.2 Å². The van der Waals surface area contributed by atoms with Crippen molar-refractivity contribution in [3.63, 3.8) is 0 Å². The number of furan rings is 1. The van der Waals surface area contributed by atoms with Crippen LogP contribution in [-0.2, 0) is 0 Å². The number of hydrogen-bond donors (Lipinski definition) is 2. The van der Waals surface area contributed by atoms with Gasteiger partial charge in [0.1, 0.15) is 17.3 Å². The van der Waals surface area contributed by atoms with Crippen LogP contribution in [0.15, 0.2) is 64.1 Å². The van der Waals surface area contributed by atoms with Crippen LogP contribution in [0.25, 0.3) is 11.3 Å². The minimum absolute atomic E-state index is 0.0153. The first-order chi connectivity index (χ1) is 12.0. The number of aromatic carboxylic acids is 1. The molecule has 7 heteroatoms. The Balaban J connectivity index is 1.70. The van der Waals surface area contributed by atoms with Crippen molar-refractivity contribution in [3.8, 4) is 11.3 Å². The third-order valence-electron chi connectivity index (χ3n) is 3.34. The minimum Gasteiger partial charge on any atom is -0.478 e. The molecular weight excluding hydrogens is 347 g/mol. The lowest BCUT2D eigenvalue weighted by molar-refractivity contribution is 0.0697. The van der Waals surface area contributed by atoms with Crippen LogP contribution in [0.3, 0.4) is 0 Å². The molecule has 126 valence electrons.